The van der Waals surface area contributed by atoms with Crippen LogP contribution in [0.25, 0.3) is 0 Å². The Hall–Kier alpha value is -3.32. The van der Waals surface area contributed by atoms with Gasteiger partial charge in [-0.3, -0.25) is 0 Å². The van der Waals surface area contributed by atoms with Crippen LogP contribution in [0.2, 0.25) is 0 Å². The number of hydrogen-bond donors (Lipinski definition) is 1. The van der Waals surface area contributed by atoms with Crippen LogP contribution in [0, 0.1) is 0 Å². The van der Waals surface area contributed by atoms with Crippen LogP contribution in [-0.2, 0) is 14.2 Å². The number of nitrogens with two attached hydrogens (primary N) is 1. The Morgan fingerprint density at radius 3 is 2.04 bits per heavy atom. The molecule has 0 bridgehead atoms. The van der Waals surface area contributed by atoms with Crippen LogP contribution in [0.15, 0.2) is 72.6 Å². The molecule has 2 aromatic rings. The quantitative estimate of drug-likeness (QED) is 0.809. The second-order valence-corrected chi connectivity index (χ2v) is 5.43. The van der Waals surface area contributed by atoms with E-state index in [0.717, 1.165) is 0 Å². The summed E-state index contributed by atoms with van der Waals surface area (Å²) < 4.78 is 16.0. The standard InChI is InChI=1S/C19H17NO5.H2O/c20-17-11-15(25-19(22)14-9-5-2-6-10-14)16(24-17)12-23-18(21)13-7-3-1-4-8-13;/h1-11,15-16H,12,20H2;1H2. The van der Waals surface area contributed by atoms with Crippen molar-refractivity contribution in [3.05, 3.63) is 83.7 Å². The van der Waals surface area contributed by atoms with Crippen molar-refractivity contribution in [2.45, 2.75) is 12.2 Å². The van der Waals surface area contributed by atoms with E-state index in [1.54, 1.807) is 60.7 Å². The van der Waals surface area contributed by atoms with E-state index in [1.165, 1.54) is 6.08 Å². The van der Waals surface area contributed by atoms with Crippen molar-refractivity contribution >= 4 is 11.9 Å². The number of esters is 2. The molecule has 0 radical (unpaired) electrons. The van der Waals surface area contributed by atoms with Crippen molar-refractivity contribution in [3.8, 4) is 0 Å². The van der Waals surface area contributed by atoms with Gasteiger partial charge in [-0.1, -0.05) is 36.4 Å². The van der Waals surface area contributed by atoms with Gasteiger partial charge in [0.1, 0.15) is 6.61 Å². The third-order valence-electron chi connectivity index (χ3n) is 3.62. The molecule has 2 unspecified atom stereocenters. The van der Waals surface area contributed by atoms with Crippen molar-refractivity contribution in [2.75, 3.05) is 6.61 Å². The van der Waals surface area contributed by atoms with Crippen molar-refractivity contribution in [1.29, 1.82) is 0 Å². The maximum Gasteiger partial charge on any atom is 0.338 e. The molecule has 3 rings (SSSR count). The fourth-order valence-corrected chi connectivity index (χ4v) is 2.37. The molecular formula is C19H19NO6. The smallest absolute Gasteiger partial charge is 0.338 e. The highest BCUT2D eigenvalue weighted by Gasteiger charge is 2.33. The molecule has 7 nitrogen and oxygen atoms in total. The number of carbonyl (C=O) groups excluding carboxylic acids is 2. The van der Waals surface area contributed by atoms with Gasteiger partial charge in [0.05, 0.1) is 11.1 Å². The maximum atomic E-state index is 12.2. The molecule has 136 valence electrons. The van der Waals surface area contributed by atoms with Gasteiger partial charge in [0.15, 0.2) is 18.1 Å². The summed E-state index contributed by atoms with van der Waals surface area (Å²) in [5.41, 5.74) is 6.50. The lowest BCUT2D eigenvalue weighted by atomic mass is 10.2. The molecule has 0 amide bonds. The summed E-state index contributed by atoms with van der Waals surface area (Å²) in [5.74, 6) is -0.853. The van der Waals surface area contributed by atoms with Crippen LogP contribution in [0.1, 0.15) is 20.7 Å². The molecule has 0 aliphatic carbocycles. The first-order chi connectivity index (χ1) is 12.1. The number of carbonyl (C=O) groups is 2. The van der Waals surface area contributed by atoms with Crippen molar-refractivity contribution < 1.29 is 29.3 Å². The predicted octanol–water partition coefficient (Wildman–Crippen LogP) is 1.44. The van der Waals surface area contributed by atoms with Crippen LogP contribution < -0.4 is 5.73 Å². The second-order valence-electron chi connectivity index (χ2n) is 5.43. The minimum Gasteiger partial charge on any atom is -0.468 e. The molecule has 26 heavy (non-hydrogen) atoms. The second kappa shape index (κ2) is 8.68. The summed E-state index contributed by atoms with van der Waals surface area (Å²) in [4.78, 5) is 24.2. The van der Waals surface area contributed by atoms with E-state index in [1.807, 2.05) is 0 Å². The van der Waals surface area contributed by atoms with Gasteiger partial charge in [-0.2, -0.15) is 0 Å². The van der Waals surface area contributed by atoms with E-state index < -0.39 is 24.1 Å². The molecular weight excluding hydrogens is 338 g/mol. The summed E-state index contributed by atoms with van der Waals surface area (Å²) in [6.07, 6.45) is 0.0820. The minimum absolute atomic E-state index is 0. The maximum absolute atomic E-state index is 12.2. The van der Waals surface area contributed by atoms with Gasteiger partial charge in [0.25, 0.3) is 0 Å². The van der Waals surface area contributed by atoms with E-state index in [2.05, 4.69) is 0 Å². The van der Waals surface area contributed by atoms with Crippen LogP contribution in [0.5, 0.6) is 0 Å². The van der Waals surface area contributed by atoms with Crippen LogP contribution in [-0.4, -0.2) is 36.2 Å². The monoisotopic (exact) mass is 357 g/mol. The number of rotatable bonds is 5. The third-order valence-corrected chi connectivity index (χ3v) is 3.62. The van der Waals surface area contributed by atoms with Gasteiger partial charge < -0.3 is 25.4 Å². The SMILES string of the molecule is NC1=CC(OC(=O)c2ccccc2)C(COC(=O)c2ccccc2)O1.O. The Balaban J connectivity index is 0.00000243. The summed E-state index contributed by atoms with van der Waals surface area (Å²) >= 11 is 0. The highest BCUT2D eigenvalue weighted by atomic mass is 16.6. The highest BCUT2D eigenvalue weighted by Crippen LogP contribution is 2.20. The lowest BCUT2D eigenvalue weighted by Crippen LogP contribution is -2.32. The van der Waals surface area contributed by atoms with Crippen LogP contribution in [0.3, 0.4) is 0 Å². The minimum atomic E-state index is -0.726. The fourth-order valence-electron chi connectivity index (χ4n) is 2.37. The fraction of sp³-hybridized carbons (Fsp3) is 0.158. The normalized spacial score (nSPS) is 18.1. The summed E-state index contributed by atoms with van der Waals surface area (Å²) in [5, 5.41) is 0. The van der Waals surface area contributed by atoms with Gasteiger partial charge in [0, 0.05) is 6.08 Å². The summed E-state index contributed by atoms with van der Waals surface area (Å²) in [6.45, 7) is -0.0857. The highest BCUT2D eigenvalue weighted by molar-refractivity contribution is 5.90. The largest absolute Gasteiger partial charge is 0.468 e. The Bertz CT molecular complexity index is 775. The van der Waals surface area contributed by atoms with E-state index in [0.29, 0.717) is 11.1 Å². The first-order valence-electron chi connectivity index (χ1n) is 7.75. The number of benzene rings is 2. The lowest BCUT2D eigenvalue weighted by molar-refractivity contribution is -0.0241. The van der Waals surface area contributed by atoms with Crippen molar-refractivity contribution in [3.63, 3.8) is 0 Å². The van der Waals surface area contributed by atoms with E-state index >= 15 is 0 Å². The van der Waals surface area contributed by atoms with Gasteiger partial charge in [-0.15, -0.1) is 0 Å². The molecule has 1 aliphatic rings. The Morgan fingerprint density at radius 1 is 0.923 bits per heavy atom. The summed E-state index contributed by atoms with van der Waals surface area (Å²) in [7, 11) is 0. The molecule has 0 fully saturated rings. The molecule has 7 heteroatoms. The van der Waals surface area contributed by atoms with Crippen LogP contribution >= 0.6 is 0 Å². The van der Waals surface area contributed by atoms with Gasteiger partial charge >= 0.3 is 11.9 Å². The third kappa shape index (κ3) is 4.61. The van der Waals surface area contributed by atoms with Gasteiger partial charge in [0.2, 0.25) is 0 Å². The summed E-state index contributed by atoms with van der Waals surface area (Å²) in [6, 6.07) is 17.2. The number of ether oxygens (including phenoxy) is 3. The molecule has 2 aromatic carbocycles. The van der Waals surface area contributed by atoms with Crippen molar-refractivity contribution in [2.24, 2.45) is 5.73 Å². The molecule has 0 spiro atoms. The number of hydrogen-bond acceptors (Lipinski definition) is 6. The molecule has 0 saturated carbocycles. The topological polar surface area (TPSA) is 119 Å². The first kappa shape index (κ1) is 19.0. The lowest BCUT2D eigenvalue weighted by Gasteiger charge is -2.19. The van der Waals surface area contributed by atoms with Crippen LogP contribution in [0.4, 0.5) is 0 Å². The molecule has 4 N–H and O–H groups in total. The average Bonchev–Trinajstić information content (AvgIpc) is 3.00. The van der Waals surface area contributed by atoms with Crippen molar-refractivity contribution in [1.82, 2.24) is 0 Å². The molecule has 2 atom stereocenters. The Labute approximate surface area is 150 Å². The molecule has 1 aliphatic heterocycles. The van der Waals surface area contributed by atoms with Gasteiger partial charge in [-0.05, 0) is 24.3 Å². The van der Waals surface area contributed by atoms with Gasteiger partial charge in [-0.25, -0.2) is 9.59 Å². The Morgan fingerprint density at radius 2 is 1.46 bits per heavy atom. The van der Waals surface area contributed by atoms with E-state index in [4.69, 9.17) is 19.9 Å². The zero-order valence-corrected chi connectivity index (χ0v) is 13.8. The van der Waals surface area contributed by atoms with E-state index in [9.17, 15) is 9.59 Å². The molecule has 1 heterocycles. The molecule has 0 aromatic heterocycles. The molecule has 0 saturated heterocycles. The first-order valence-corrected chi connectivity index (χ1v) is 7.75. The Kier molecular flexibility index (Phi) is 6.35. The average molecular weight is 357 g/mol. The predicted molar refractivity (Wildman–Crippen MR) is 93.1 cm³/mol. The van der Waals surface area contributed by atoms with E-state index in [-0.39, 0.29) is 18.0 Å². The zero-order valence-electron chi connectivity index (χ0n) is 13.8. The zero-order chi connectivity index (χ0) is 17.6.